The fourth-order valence-corrected chi connectivity index (χ4v) is 3.66. The van der Waals surface area contributed by atoms with Gasteiger partial charge in [0.2, 0.25) is 0 Å². The summed E-state index contributed by atoms with van der Waals surface area (Å²) in [7, 11) is 0. The van der Waals surface area contributed by atoms with E-state index in [2.05, 4.69) is 10.6 Å². The zero-order valence-electron chi connectivity index (χ0n) is 18.7. The van der Waals surface area contributed by atoms with Crippen molar-refractivity contribution < 1.29 is 19.1 Å². The van der Waals surface area contributed by atoms with Gasteiger partial charge in [-0.3, -0.25) is 19.7 Å². The molecule has 34 heavy (non-hydrogen) atoms. The molecule has 0 unspecified atom stereocenters. The largest absolute Gasteiger partial charge is 0.493 e. The van der Waals surface area contributed by atoms with Gasteiger partial charge < -0.3 is 10.1 Å². The van der Waals surface area contributed by atoms with Crippen molar-refractivity contribution >= 4 is 46.4 Å². The Balaban J connectivity index is 1.37. The van der Waals surface area contributed by atoms with Gasteiger partial charge in [0.1, 0.15) is 5.75 Å². The molecule has 0 fully saturated rings. The average Bonchev–Trinajstić information content (AvgIpc) is 3.08. The van der Waals surface area contributed by atoms with E-state index in [1.165, 1.54) is 0 Å². The predicted octanol–water partition coefficient (Wildman–Crippen LogP) is 4.65. The molecule has 0 aliphatic carbocycles. The second-order valence-corrected chi connectivity index (χ2v) is 8.59. The molecule has 172 valence electrons. The van der Waals surface area contributed by atoms with Crippen molar-refractivity contribution in [2.24, 2.45) is 5.92 Å². The van der Waals surface area contributed by atoms with Crippen molar-refractivity contribution in [3.8, 4) is 5.75 Å². The van der Waals surface area contributed by atoms with Crippen LogP contribution in [0.15, 0.2) is 72.8 Å². The summed E-state index contributed by atoms with van der Waals surface area (Å²) >= 11 is 5.26. The third-order valence-electron chi connectivity index (χ3n) is 5.08. The normalized spacial score (nSPS) is 12.5. The molecule has 0 radical (unpaired) electrons. The van der Waals surface area contributed by atoms with Crippen LogP contribution in [0.1, 0.15) is 44.9 Å². The zero-order chi connectivity index (χ0) is 24.2. The van der Waals surface area contributed by atoms with E-state index in [0.717, 1.165) is 4.90 Å². The number of fused-ring (bicyclic) bond motifs is 1. The maximum atomic E-state index is 12.6. The highest BCUT2D eigenvalue weighted by Crippen LogP contribution is 2.29. The van der Waals surface area contributed by atoms with E-state index in [1.54, 1.807) is 72.8 Å². The minimum Gasteiger partial charge on any atom is -0.493 e. The van der Waals surface area contributed by atoms with Crippen LogP contribution in [0.3, 0.4) is 0 Å². The number of nitrogens with zero attached hydrogens (tertiary/aromatic N) is 1. The lowest BCUT2D eigenvalue weighted by Crippen LogP contribution is -2.34. The fraction of sp³-hybridized carbons (Fsp3) is 0.154. The Hall–Kier alpha value is -4.04. The Morgan fingerprint density at radius 3 is 2.21 bits per heavy atom. The van der Waals surface area contributed by atoms with E-state index in [9.17, 15) is 14.4 Å². The van der Waals surface area contributed by atoms with Crippen LogP contribution in [0.4, 0.5) is 11.4 Å². The molecule has 3 amide bonds. The van der Waals surface area contributed by atoms with Crippen LogP contribution >= 0.6 is 12.2 Å². The summed E-state index contributed by atoms with van der Waals surface area (Å²) in [5, 5.41) is 5.69. The van der Waals surface area contributed by atoms with E-state index in [1.807, 2.05) is 13.8 Å². The van der Waals surface area contributed by atoms with E-state index in [0.29, 0.717) is 46.3 Å². The van der Waals surface area contributed by atoms with Gasteiger partial charge >= 0.3 is 0 Å². The van der Waals surface area contributed by atoms with Gasteiger partial charge in [0, 0.05) is 11.3 Å². The molecular weight excluding hydrogens is 450 g/mol. The Bertz CT molecular complexity index is 1240. The van der Waals surface area contributed by atoms with Gasteiger partial charge in [-0.1, -0.05) is 32.0 Å². The molecule has 1 aliphatic heterocycles. The standard InChI is InChI=1S/C26H23N3O4S/c1-16(2)15-33-20-7-5-6-17(14-20)23(30)28-26(34)27-18-10-12-19(13-11-18)29-24(31)21-8-3-4-9-22(21)25(29)32/h3-14,16H,15H2,1-2H3,(H2,27,28,30,34). The smallest absolute Gasteiger partial charge is 0.266 e. The number of ether oxygens (including phenoxy) is 1. The third kappa shape index (κ3) is 4.97. The van der Waals surface area contributed by atoms with Gasteiger partial charge in [-0.05, 0) is 72.7 Å². The molecule has 0 spiro atoms. The van der Waals surface area contributed by atoms with E-state index < -0.39 is 0 Å². The lowest BCUT2D eigenvalue weighted by atomic mass is 10.1. The summed E-state index contributed by atoms with van der Waals surface area (Å²) in [5.41, 5.74) is 2.24. The zero-order valence-corrected chi connectivity index (χ0v) is 19.5. The average molecular weight is 474 g/mol. The lowest BCUT2D eigenvalue weighted by Gasteiger charge is -2.15. The van der Waals surface area contributed by atoms with Gasteiger partial charge in [-0.2, -0.15) is 0 Å². The summed E-state index contributed by atoms with van der Waals surface area (Å²) in [4.78, 5) is 39.0. The molecular formula is C26H23N3O4S. The van der Waals surface area contributed by atoms with Crippen molar-refractivity contribution in [1.29, 1.82) is 0 Å². The Morgan fingerprint density at radius 1 is 0.941 bits per heavy atom. The van der Waals surface area contributed by atoms with E-state index >= 15 is 0 Å². The maximum Gasteiger partial charge on any atom is 0.266 e. The Labute approximate surface area is 202 Å². The number of carbonyl (C=O) groups is 3. The summed E-state index contributed by atoms with van der Waals surface area (Å²) in [5.74, 6) is -0.0933. The van der Waals surface area contributed by atoms with Crippen LogP contribution in [0.2, 0.25) is 0 Å². The highest BCUT2D eigenvalue weighted by Gasteiger charge is 2.36. The van der Waals surface area contributed by atoms with Crippen LogP contribution < -0.4 is 20.3 Å². The van der Waals surface area contributed by atoms with Crippen molar-refractivity contribution in [2.75, 3.05) is 16.8 Å². The molecule has 3 aromatic carbocycles. The molecule has 1 aliphatic rings. The molecule has 7 nitrogen and oxygen atoms in total. The Kier molecular flexibility index (Phi) is 6.70. The molecule has 3 aromatic rings. The number of anilines is 2. The van der Waals surface area contributed by atoms with Crippen molar-refractivity contribution in [3.05, 3.63) is 89.5 Å². The van der Waals surface area contributed by atoms with E-state index in [4.69, 9.17) is 17.0 Å². The second kappa shape index (κ2) is 9.84. The van der Waals surface area contributed by atoms with E-state index in [-0.39, 0.29) is 22.8 Å². The van der Waals surface area contributed by atoms with Crippen LogP contribution in [-0.4, -0.2) is 29.4 Å². The molecule has 4 rings (SSSR count). The molecule has 0 saturated heterocycles. The monoisotopic (exact) mass is 473 g/mol. The number of benzene rings is 3. The summed E-state index contributed by atoms with van der Waals surface area (Å²) in [6.07, 6.45) is 0. The van der Waals surface area contributed by atoms with Gasteiger partial charge in [0.05, 0.1) is 23.4 Å². The van der Waals surface area contributed by atoms with Crippen molar-refractivity contribution in [3.63, 3.8) is 0 Å². The third-order valence-corrected chi connectivity index (χ3v) is 5.29. The second-order valence-electron chi connectivity index (χ2n) is 8.18. The van der Waals surface area contributed by atoms with Gasteiger partial charge in [0.25, 0.3) is 17.7 Å². The minimum absolute atomic E-state index is 0.118. The molecule has 0 atom stereocenters. The number of amides is 3. The van der Waals surface area contributed by atoms with Gasteiger partial charge in [-0.15, -0.1) is 0 Å². The summed E-state index contributed by atoms with van der Waals surface area (Å²) in [6.45, 7) is 4.65. The first-order valence-electron chi connectivity index (χ1n) is 10.8. The number of thiocarbonyl (C=S) groups is 1. The first-order valence-corrected chi connectivity index (χ1v) is 11.2. The Morgan fingerprint density at radius 2 is 1.59 bits per heavy atom. The first kappa shape index (κ1) is 23.1. The fourth-order valence-electron chi connectivity index (χ4n) is 3.45. The molecule has 8 heteroatoms. The topological polar surface area (TPSA) is 87.7 Å². The number of hydrogen-bond acceptors (Lipinski definition) is 5. The van der Waals surface area contributed by atoms with Crippen molar-refractivity contribution in [2.45, 2.75) is 13.8 Å². The van der Waals surface area contributed by atoms with Crippen LogP contribution in [-0.2, 0) is 0 Å². The molecule has 1 heterocycles. The van der Waals surface area contributed by atoms with Crippen LogP contribution in [0.5, 0.6) is 5.75 Å². The molecule has 0 saturated carbocycles. The van der Waals surface area contributed by atoms with Gasteiger partial charge in [-0.25, -0.2) is 4.90 Å². The predicted molar refractivity (Wildman–Crippen MR) is 134 cm³/mol. The summed E-state index contributed by atoms with van der Waals surface area (Å²) < 4.78 is 5.67. The van der Waals surface area contributed by atoms with Crippen LogP contribution in [0.25, 0.3) is 0 Å². The molecule has 0 bridgehead atoms. The number of nitrogens with one attached hydrogen (secondary N) is 2. The quantitative estimate of drug-likeness (QED) is 0.400. The maximum absolute atomic E-state index is 12.6. The lowest BCUT2D eigenvalue weighted by molar-refractivity contribution is 0.0923. The number of imide groups is 1. The minimum atomic E-state index is -0.366. The number of carbonyl (C=O) groups excluding carboxylic acids is 3. The first-order chi connectivity index (χ1) is 16.3. The molecule has 0 aromatic heterocycles. The summed E-state index contributed by atoms with van der Waals surface area (Å²) in [6, 6.07) is 20.3. The molecule has 2 N–H and O–H groups in total. The SMILES string of the molecule is CC(C)COc1cccc(C(=O)NC(=S)Nc2ccc(N3C(=O)c4ccccc4C3=O)cc2)c1. The highest BCUT2D eigenvalue weighted by atomic mass is 32.1. The van der Waals surface area contributed by atoms with Gasteiger partial charge in [0.15, 0.2) is 5.11 Å². The van der Waals surface area contributed by atoms with Crippen LogP contribution in [0, 0.1) is 5.92 Å². The van der Waals surface area contributed by atoms with Crippen molar-refractivity contribution in [1.82, 2.24) is 5.32 Å². The number of rotatable bonds is 6. The number of hydrogen-bond donors (Lipinski definition) is 2. The highest BCUT2D eigenvalue weighted by molar-refractivity contribution is 7.80.